The molecule has 7 heteroatoms. The van der Waals surface area contributed by atoms with Crippen LogP contribution in [0.4, 0.5) is 0 Å². The lowest BCUT2D eigenvalue weighted by molar-refractivity contribution is -0.126. The van der Waals surface area contributed by atoms with E-state index in [1.807, 2.05) is 6.92 Å². The molecule has 0 radical (unpaired) electrons. The number of hydrogen-bond acceptors (Lipinski definition) is 5. The largest absolute Gasteiger partial charge is 0.355 e. The first-order valence-corrected chi connectivity index (χ1v) is 6.86. The van der Waals surface area contributed by atoms with Gasteiger partial charge in [0.2, 0.25) is 5.91 Å². The highest BCUT2D eigenvalue weighted by Gasteiger charge is 2.32. The summed E-state index contributed by atoms with van der Waals surface area (Å²) in [5, 5.41) is 7.59. The maximum absolute atomic E-state index is 12.2. The molecule has 1 atom stereocenters. The van der Waals surface area contributed by atoms with Gasteiger partial charge >= 0.3 is 0 Å². The number of thiazole rings is 1. The van der Waals surface area contributed by atoms with E-state index < -0.39 is 6.04 Å². The normalized spacial score (nSPS) is 19.6. The SMILES string of the molecule is CCNC(=O)C1CNCCN1C(=O)c1cscn1. The third kappa shape index (κ3) is 2.68. The lowest BCUT2D eigenvalue weighted by atomic mass is 10.1. The van der Waals surface area contributed by atoms with Crippen LogP contribution in [0.1, 0.15) is 17.4 Å². The Labute approximate surface area is 109 Å². The van der Waals surface area contributed by atoms with Gasteiger partial charge in [0.15, 0.2) is 0 Å². The Morgan fingerprint density at radius 1 is 1.67 bits per heavy atom. The molecule has 1 aromatic rings. The Kier molecular flexibility index (Phi) is 4.27. The first-order valence-electron chi connectivity index (χ1n) is 5.91. The van der Waals surface area contributed by atoms with Crippen molar-refractivity contribution < 1.29 is 9.59 Å². The Morgan fingerprint density at radius 2 is 2.50 bits per heavy atom. The molecule has 18 heavy (non-hydrogen) atoms. The highest BCUT2D eigenvalue weighted by Crippen LogP contribution is 2.11. The van der Waals surface area contributed by atoms with E-state index in [1.54, 1.807) is 15.8 Å². The molecule has 0 saturated carbocycles. The first-order chi connectivity index (χ1) is 8.74. The van der Waals surface area contributed by atoms with Gasteiger partial charge in [0.25, 0.3) is 5.91 Å². The average molecular weight is 268 g/mol. The predicted molar refractivity (Wildman–Crippen MR) is 68.5 cm³/mol. The third-order valence-corrected chi connectivity index (χ3v) is 3.40. The second kappa shape index (κ2) is 5.92. The van der Waals surface area contributed by atoms with Crippen LogP contribution in [0.3, 0.4) is 0 Å². The third-order valence-electron chi connectivity index (χ3n) is 2.81. The number of rotatable bonds is 3. The number of aromatic nitrogens is 1. The molecule has 0 spiro atoms. The van der Waals surface area contributed by atoms with Crippen LogP contribution < -0.4 is 10.6 Å². The highest BCUT2D eigenvalue weighted by molar-refractivity contribution is 7.07. The molecule has 1 aromatic heterocycles. The molecule has 2 amide bonds. The van der Waals surface area contributed by atoms with E-state index in [-0.39, 0.29) is 11.8 Å². The minimum Gasteiger partial charge on any atom is -0.355 e. The van der Waals surface area contributed by atoms with Crippen LogP contribution in [0.25, 0.3) is 0 Å². The van der Waals surface area contributed by atoms with Gasteiger partial charge < -0.3 is 15.5 Å². The fraction of sp³-hybridized carbons (Fsp3) is 0.545. The summed E-state index contributed by atoms with van der Waals surface area (Å²) in [4.78, 5) is 29.8. The number of piperazine rings is 1. The molecule has 98 valence electrons. The summed E-state index contributed by atoms with van der Waals surface area (Å²) in [6, 6.07) is -0.451. The summed E-state index contributed by atoms with van der Waals surface area (Å²) >= 11 is 1.38. The highest BCUT2D eigenvalue weighted by atomic mass is 32.1. The summed E-state index contributed by atoms with van der Waals surface area (Å²) < 4.78 is 0. The van der Waals surface area contributed by atoms with E-state index in [4.69, 9.17) is 0 Å². The van der Waals surface area contributed by atoms with E-state index in [0.717, 1.165) is 0 Å². The van der Waals surface area contributed by atoms with E-state index in [0.29, 0.717) is 31.9 Å². The van der Waals surface area contributed by atoms with Crippen LogP contribution in [0.2, 0.25) is 0 Å². The number of nitrogens with one attached hydrogen (secondary N) is 2. The predicted octanol–water partition coefficient (Wildman–Crippen LogP) is -0.307. The molecule has 0 aliphatic carbocycles. The van der Waals surface area contributed by atoms with Crippen LogP contribution in [-0.4, -0.2) is 53.9 Å². The fourth-order valence-corrected chi connectivity index (χ4v) is 2.46. The van der Waals surface area contributed by atoms with Crippen molar-refractivity contribution in [2.45, 2.75) is 13.0 Å². The van der Waals surface area contributed by atoms with Crippen LogP contribution in [0.5, 0.6) is 0 Å². The lowest BCUT2D eigenvalue weighted by Crippen LogP contribution is -2.59. The Bertz CT molecular complexity index is 421. The van der Waals surface area contributed by atoms with Gasteiger partial charge in [0.1, 0.15) is 11.7 Å². The van der Waals surface area contributed by atoms with Gasteiger partial charge in [0, 0.05) is 31.6 Å². The van der Waals surface area contributed by atoms with E-state index in [9.17, 15) is 9.59 Å². The molecule has 1 saturated heterocycles. The maximum Gasteiger partial charge on any atom is 0.274 e. The molecule has 1 aliphatic heterocycles. The topological polar surface area (TPSA) is 74.3 Å². The molecule has 6 nitrogen and oxygen atoms in total. The molecule has 0 bridgehead atoms. The molecular formula is C11H16N4O2S. The summed E-state index contributed by atoms with van der Waals surface area (Å²) in [7, 11) is 0. The van der Waals surface area contributed by atoms with Crippen LogP contribution in [0.15, 0.2) is 10.9 Å². The second-order valence-corrected chi connectivity index (χ2v) is 4.71. The van der Waals surface area contributed by atoms with Crippen molar-refractivity contribution in [3.05, 3.63) is 16.6 Å². The number of nitrogens with zero attached hydrogens (tertiary/aromatic N) is 2. The van der Waals surface area contributed by atoms with Crippen molar-refractivity contribution in [1.29, 1.82) is 0 Å². The number of carbonyl (C=O) groups excluding carboxylic acids is 2. The van der Waals surface area contributed by atoms with Gasteiger partial charge in [-0.2, -0.15) is 0 Å². The first kappa shape index (κ1) is 13.0. The summed E-state index contributed by atoms with van der Waals surface area (Å²) in [6.45, 7) is 4.14. The molecule has 2 rings (SSSR count). The summed E-state index contributed by atoms with van der Waals surface area (Å²) in [6.07, 6.45) is 0. The second-order valence-electron chi connectivity index (χ2n) is 3.99. The molecule has 0 aromatic carbocycles. The molecule has 2 heterocycles. The zero-order valence-corrected chi connectivity index (χ0v) is 11.0. The smallest absolute Gasteiger partial charge is 0.274 e. The van der Waals surface area contributed by atoms with Gasteiger partial charge in [-0.05, 0) is 6.92 Å². The Balaban J connectivity index is 2.12. The van der Waals surface area contributed by atoms with Gasteiger partial charge in [-0.1, -0.05) is 0 Å². The molecular weight excluding hydrogens is 252 g/mol. The molecule has 1 aliphatic rings. The zero-order chi connectivity index (χ0) is 13.0. The van der Waals surface area contributed by atoms with Crippen molar-refractivity contribution in [1.82, 2.24) is 20.5 Å². The number of amides is 2. The lowest BCUT2D eigenvalue weighted by Gasteiger charge is -2.34. The molecule has 1 unspecified atom stereocenters. The summed E-state index contributed by atoms with van der Waals surface area (Å²) in [5.41, 5.74) is 2.03. The molecule has 2 N–H and O–H groups in total. The fourth-order valence-electron chi connectivity index (χ4n) is 1.94. The van der Waals surface area contributed by atoms with Crippen molar-refractivity contribution >= 4 is 23.2 Å². The van der Waals surface area contributed by atoms with Crippen molar-refractivity contribution in [3.8, 4) is 0 Å². The molecule has 1 fully saturated rings. The van der Waals surface area contributed by atoms with Gasteiger partial charge in [-0.25, -0.2) is 4.98 Å². The van der Waals surface area contributed by atoms with Gasteiger partial charge in [-0.15, -0.1) is 11.3 Å². The standard InChI is InChI=1S/C11H16N4O2S/c1-2-13-10(16)9-5-12-3-4-15(9)11(17)8-6-18-7-14-8/h6-7,9,12H,2-5H2,1H3,(H,13,16). The average Bonchev–Trinajstić information content (AvgIpc) is 2.92. The Morgan fingerprint density at radius 3 is 3.17 bits per heavy atom. The number of carbonyl (C=O) groups is 2. The van der Waals surface area contributed by atoms with Crippen LogP contribution >= 0.6 is 11.3 Å². The number of likely N-dealkylation sites (N-methyl/N-ethyl adjacent to an activating group) is 1. The van der Waals surface area contributed by atoms with Gasteiger partial charge in [-0.3, -0.25) is 9.59 Å². The van der Waals surface area contributed by atoms with Crippen molar-refractivity contribution in [2.75, 3.05) is 26.2 Å². The minimum atomic E-state index is -0.451. The van der Waals surface area contributed by atoms with E-state index >= 15 is 0 Å². The van der Waals surface area contributed by atoms with E-state index in [2.05, 4.69) is 15.6 Å². The number of hydrogen-bond donors (Lipinski definition) is 2. The van der Waals surface area contributed by atoms with Crippen molar-refractivity contribution in [3.63, 3.8) is 0 Å². The monoisotopic (exact) mass is 268 g/mol. The quantitative estimate of drug-likeness (QED) is 0.789. The van der Waals surface area contributed by atoms with Crippen LogP contribution in [-0.2, 0) is 4.79 Å². The van der Waals surface area contributed by atoms with Crippen LogP contribution in [0, 0.1) is 0 Å². The van der Waals surface area contributed by atoms with Crippen molar-refractivity contribution in [2.24, 2.45) is 0 Å². The van der Waals surface area contributed by atoms with E-state index in [1.165, 1.54) is 11.3 Å². The minimum absolute atomic E-state index is 0.117. The Hall–Kier alpha value is -1.47. The summed E-state index contributed by atoms with van der Waals surface area (Å²) in [5.74, 6) is -0.290. The van der Waals surface area contributed by atoms with Gasteiger partial charge in [0.05, 0.1) is 5.51 Å². The maximum atomic E-state index is 12.2. The zero-order valence-electron chi connectivity index (χ0n) is 10.2.